The predicted molar refractivity (Wildman–Crippen MR) is 140 cm³/mol. The second-order valence-electron chi connectivity index (χ2n) is 7.79. The molecule has 3 rings (SSSR count). The lowest BCUT2D eigenvalue weighted by molar-refractivity contribution is -0.122. The molecule has 0 heterocycles. The molecule has 0 unspecified atom stereocenters. The Hall–Kier alpha value is -2.82. The summed E-state index contributed by atoms with van der Waals surface area (Å²) in [6.45, 7) is 3.49. The van der Waals surface area contributed by atoms with Crippen molar-refractivity contribution in [2.24, 2.45) is 5.10 Å². The molecule has 0 fully saturated rings. The first-order chi connectivity index (χ1) is 16.1. The van der Waals surface area contributed by atoms with E-state index in [0.717, 1.165) is 41.0 Å². The van der Waals surface area contributed by atoms with Gasteiger partial charge in [0.25, 0.3) is 0 Å². The van der Waals surface area contributed by atoms with Crippen LogP contribution in [0.2, 0.25) is 0 Å². The number of hydrogen-bond donors (Lipinski definition) is 1. The first-order valence-electron chi connectivity index (χ1n) is 11.0. The first kappa shape index (κ1) is 24.8. The molecule has 0 aliphatic heterocycles. The van der Waals surface area contributed by atoms with E-state index in [0.29, 0.717) is 18.2 Å². The minimum Gasteiger partial charge on any atom is -0.369 e. The number of hydrogen-bond acceptors (Lipinski definition) is 3. The molecule has 6 heteroatoms. The Bertz CT molecular complexity index is 1040. The summed E-state index contributed by atoms with van der Waals surface area (Å²) in [4.78, 5) is 15.2. The summed E-state index contributed by atoms with van der Waals surface area (Å²) in [5, 5.41) is 4.26. The summed E-state index contributed by atoms with van der Waals surface area (Å²) >= 11 is 11.9. The molecular formula is C27H29Cl2N3O. The van der Waals surface area contributed by atoms with E-state index in [9.17, 15) is 4.79 Å². The van der Waals surface area contributed by atoms with Gasteiger partial charge in [0.1, 0.15) is 0 Å². The number of anilines is 1. The average Bonchev–Trinajstić information content (AvgIpc) is 2.84. The molecule has 0 radical (unpaired) electrons. The van der Waals surface area contributed by atoms with Crippen LogP contribution in [0.15, 0.2) is 84.0 Å². The quantitative estimate of drug-likeness (QED) is 0.215. The van der Waals surface area contributed by atoms with Crippen molar-refractivity contribution in [1.82, 2.24) is 5.43 Å². The van der Waals surface area contributed by atoms with Crippen molar-refractivity contribution in [3.05, 3.63) is 101 Å². The van der Waals surface area contributed by atoms with E-state index in [1.807, 2.05) is 79.7 Å². The van der Waals surface area contributed by atoms with Gasteiger partial charge in [-0.15, -0.1) is 23.2 Å². The molecule has 0 saturated carbocycles. The SMILES string of the molecule is Cc1cc(N(CCCl)CCCl)ccc1/C=N\NC(=O)[C@@H](Cc1ccccc1)c1ccccc1. The number of benzene rings is 3. The van der Waals surface area contributed by atoms with Gasteiger partial charge >= 0.3 is 0 Å². The number of alkyl halides is 2. The second kappa shape index (κ2) is 13.0. The fourth-order valence-electron chi connectivity index (χ4n) is 3.72. The van der Waals surface area contributed by atoms with Crippen molar-refractivity contribution in [3.63, 3.8) is 0 Å². The fourth-order valence-corrected chi connectivity index (χ4v) is 4.12. The molecule has 172 valence electrons. The predicted octanol–water partition coefficient (Wildman–Crippen LogP) is 5.76. The number of rotatable bonds is 11. The highest BCUT2D eigenvalue weighted by Crippen LogP contribution is 2.22. The maximum atomic E-state index is 13.1. The van der Waals surface area contributed by atoms with Crippen molar-refractivity contribution >= 4 is 41.0 Å². The van der Waals surface area contributed by atoms with Crippen molar-refractivity contribution < 1.29 is 4.79 Å². The average molecular weight is 482 g/mol. The number of amides is 1. The summed E-state index contributed by atoms with van der Waals surface area (Å²) in [6, 6.07) is 25.9. The number of hydrazone groups is 1. The van der Waals surface area contributed by atoms with E-state index in [2.05, 4.69) is 21.5 Å². The maximum Gasteiger partial charge on any atom is 0.247 e. The highest BCUT2D eigenvalue weighted by molar-refractivity contribution is 6.18. The number of aryl methyl sites for hydroxylation is 1. The van der Waals surface area contributed by atoms with Crippen LogP contribution in [0.4, 0.5) is 5.69 Å². The Morgan fingerprint density at radius 2 is 1.61 bits per heavy atom. The minimum absolute atomic E-state index is 0.133. The van der Waals surface area contributed by atoms with Crippen LogP contribution < -0.4 is 10.3 Å². The molecule has 4 nitrogen and oxygen atoms in total. The molecule has 1 atom stereocenters. The molecule has 3 aromatic rings. The van der Waals surface area contributed by atoms with Gasteiger partial charge in [0.2, 0.25) is 5.91 Å². The molecule has 0 aromatic heterocycles. The van der Waals surface area contributed by atoms with E-state index in [4.69, 9.17) is 23.2 Å². The number of carbonyl (C=O) groups excluding carboxylic acids is 1. The van der Waals surface area contributed by atoms with Crippen molar-refractivity contribution in [2.75, 3.05) is 29.7 Å². The van der Waals surface area contributed by atoms with E-state index in [1.165, 1.54) is 0 Å². The van der Waals surface area contributed by atoms with Crippen LogP contribution in [0.25, 0.3) is 0 Å². The normalized spacial score (nSPS) is 12.0. The molecular weight excluding hydrogens is 453 g/mol. The van der Waals surface area contributed by atoms with Crippen molar-refractivity contribution in [2.45, 2.75) is 19.3 Å². The highest BCUT2D eigenvalue weighted by atomic mass is 35.5. The lowest BCUT2D eigenvalue weighted by Crippen LogP contribution is -2.27. The van der Waals surface area contributed by atoms with Crippen molar-refractivity contribution in [3.8, 4) is 0 Å². The first-order valence-corrected chi connectivity index (χ1v) is 12.1. The summed E-state index contributed by atoms with van der Waals surface area (Å²) in [5.74, 6) is 0.618. The lowest BCUT2D eigenvalue weighted by atomic mass is 9.91. The van der Waals surface area contributed by atoms with Gasteiger partial charge in [-0.25, -0.2) is 5.43 Å². The Kier molecular flexibility index (Phi) is 9.79. The minimum atomic E-state index is -0.325. The van der Waals surface area contributed by atoms with Crippen LogP contribution in [0.1, 0.15) is 28.2 Å². The van der Waals surface area contributed by atoms with Gasteiger partial charge in [-0.2, -0.15) is 5.10 Å². The fraction of sp³-hybridized carbons (Fsp3) is 0.259. The zero-order valence-corrected chi connectivity index (χ0v) is 20.3. The number of nitrogens with zero attached hydrogens (tertiary/aromatic N) is 2. The standard InChI is InChI=1S/C27H29Cl2N3O/c1-21-18-25(32(16-14-28)17-15-29)13-12-24(21)20-30-31-27(33)26(23-10-6-3-7-11-23)19-22-8-4-2-5-9-22/h2-13,18,20,26H,14-17,19H2,1H3,(H,31,33)/b30-20-/t26-/m0/s1. The Morgan fingerprint density at radius 3 is 2.21 bits per heavy atom. The highest BCUT2D eigenvalue weighted by Gasteiger charge is 2.20. The molecule has 33 heavy (non-hydrogen) atoms. The number of nitrogens with one attached hydrogen (secondary N) is 1. The van der Waals surface area contributed by atoms with Crippen LogP contribution in [0, 0.1) is 6.92 Å². The van der Waals surface area contributed by atoms with E-state index in [1.54, 1.807) is 6.21 Å². The molecule has 0 aliphatic rings. The lowest BCUT2D eigenvalue weighted by Gasteiger charge is -2.23. The van der Waals surface area contributed by atoms with Gasteiger partial charge in [0.15, 0.2) is 0 Å². The largest absolute Gasteiger partial charge is 0.369 e. The molecule has 1 N–H and O–H groups in total. The Morgan fingerprint density at radius 1 is 0.970 bits per heavy atom. The number of halogens is 2. The van der Waals surface area contributed by atoms with Gasteiger partial charge in [0.05, 0.1) is 12.1 Å². The summed E-state index contributed by atoms with van der Waals surface area (Å²) in [5.41, 5.74) is 7.88. The van der Waals surface area contributed by atoms with Gasteiger partial charge in [0, 0.05) is 30.5 Å². The maximum absolute atomic E-state index is 13.1. The molecule has 0 aliphatic carbocycles. The summed E-state index contributed by atoms with van der Waals surface area (Å²) < 4.78 is 0. The van der Waals surface area contributed by atoms with E-state index in [-0.39, 0.29) is 11.8 Å². The van der Waals surface area contributed by atoms with Gasteiger partial charge in [-0.3, -0.25) is 4.79 Å². The van der Waals surface area contributed by atoms with Crippen LogP contribution >= 0.6 is 23.2 Å². The van der Waals surface area contributed by atoms with Gasteiger partial charge < -0.3 is 4.90 Å². The molecule has 0 spiro atoms. The third-order valence-electron chi connectivity index (χ3n) is 5.51. The number of carbonyl (C=O) groups is 1. The van der Waals surface area contributed by atoms with Crippen LogP contribution in [0.5, 0.6) is 0 Å². The molecule has 0 saturated heterocycles. The monoisotopic (exact) mass is 481 g/mol. The van der Waals surface area contributed by atoms with E-state index >= 15 is 0 Å². The smallest absolute Gasteiger partial charge is 0.247 e. The van der Waals surface area contributed by atoms with Crippen LogP contribution in [-0.4, -0.2) is 37.0 Å². The second-order valence-corrected chi connectivity index (χ2v) is 8.55. The van der Waals surface area contributed by atoms with Gasteiger partial charge in [-0.1, -0.05) is 66.7 Å². The van der Waals surface area contributed by atoms with Crippen LogP contribution in [-0.2, 0) is 11.2 Å². The Balaban J connectivity index is 1.71. The topological polar surface area (TPSA) is 44.7 Å². The third-order valence-corrected chi connectivity index (χ3v) is 5.84. The van der Waals surface area contributed by atoms with Crippen molar-refractivity contribution in [1.29, 1.82) is 0 Å². The third kappa shape index (κ3) is 7.34. The van der Waals surface area contributed by atoms with Gasteiger partial charge in [-0.05, 0) is 47.7 Å². The summed E-state index contributed by atoms with van der Waals surface area (Å²) in [6.07, 6.45) is 2.30. The van der Waals surface area contributed by atoms with E-state index < -0.39 is 0 Å². The van der Waals surface area contributed by atoms with Crippen LogP contribution in [0.3, 0.4) is 0 Å². The zero-order chi connectivity index (χ0) is 23.5. The molecule has 0 bridgehead atoms. The summed E-state index contributed by atoms with van der Waals surface area (Å²) in [7, 11) is 0. The molecule has 3 aromatic carbocycles. The molecule has 1 amide bonds. The Labute approximate surface area is 206 Å². The zero-order valence-electron chi connectivity index (χ0n) is 18.8.